The number of nitriles is 2. The number of piperidine rings is 1. The predicted molar refractivity (Wildman–Crippen MR) is 141 cm³/mol. The molecular weight excluding hydrogens is 561 g/mol. The van der Waals surface area contributed by atoms with Crippen molar-refractivity contribution < 1.29 is 31.2 Å². The molecule has 0 aliphatic carbocycles. The number of amides is 4. The van der Waals surface area contributed by atoms with Crippen LogP contribution in [0.25, 0.3) is 0 Å². The van der Waals surface area contributed by atoms with Crippen LogP contribution in [0, 0.1) is 22.7 Å². The van der Waals surface area contributed by atoms with Crippen LogP contribution < -0.4 is 10.6 Å². The van der Waals surface area contributed by atoms with Crippen molar-refractivity contribution in [2.45, 2.75) is 42.9 Å². The number of urea groups is 2. The first-order chi connectivity index (χ1) is 19.2. The molecule has 2 N–H and O–H groups in total. The topological polar surface area (TPSA) is 152 Å². The van der Waals surface area contributed by atoms with Crippen molar-refractivity contribution in [2.24, 2.45) is 5.73 Å². The van der Waals surface area contributed by atoms with Gasteiger partial charge in [-0.3, -0.25) is 4.90 Å². The first-order valence-corrected chi connectivity index (χ1v) is 14.3. The molecule has 41 heavy (non-hydrogen) atoms. The molecule has 10 nitrogen and oxygen atoms in total. The van der Waals surface area contributed by atoms with Gasteiger partial charge in [-0.1, -0.05) is 12.1 Å². The monoisotopic (exact) mass is 586 g/mol. The first kappa shape index (κ1) is 29.6. The SMILES string of the molecule is CC1=C(C#N)C(c2ccc(C#N)cc2S(C)(=O)=O)N(C(=O)N2CCC[C@@H](N)C2)C(=O)N1c1cccc(C(F)(F)F)c1. The van der Waals surface area contributed by atoms with Gasteiger partial charge in [0, 0.05) is 31.1 Å². The second kappa shape index (κ2) is 10.9. The average Bonchev–Trinajstić information content (AvgIpc) is 2.91. The lowest BCUT2D eigenvalue weighted by Gasteiger charge is -2.43. The lowest BCUT2D eigenvalue weighted by Crippen LogP contribution is -2.58. The van der Waals surface area contributed by atoms with Crippen LogP contribution >= 0.6 is 0 Å². The van der Waals surface area contributed by atoms with E-state index >= 15 is 0 Å². The second-order valence-electron chi connectivity index (χ2n) is 9.82. The Morgan fingerprint density at radius 1 is 1.12 bits per heavy atom. The van der Waals surface area contributed by atoms with Gasteiger partial charge in [-0.25, -0.2) is 22.9 Å². The van der Waals surface area contributed by atoms with Crippen LogP contribution in [0.3, 0.4) is 0 Å². The van der Waals surface area contributed by atoms with Crippen molar-refractivity contribution in [3.05, 3.63) is 70.4 Å². The third kappa shape index (κ3) is 5.62. The summed E-state index contributed by atoms with van der Waals surface area (Å²) >= 11 is 0. The van der Waals surface area contributed by atoms with Gasteiger partial charge in [0.15, 0.2) is 9.84 Å². The van der Waals surface area contributed by atoms with E-state index in [-0.39, 0.29) is 46.1 Å². The van der Waals surface area contributed by atoms with Gasteiger partial charge in [-0.15, -0.1) is 0 Å². The molecule has 4 rings (SSSR count). The highest BCUT2D eigenvalue weighted by Crippen LogP contribution is 2.43. The van der Waals surface area contributed by atoms with Crippen molar-refractivity contribution in [3.63, 3.8) is 0 Å². The molecule has 0 aromatic heterocycles. The molecule has 2 aromatic carbocycles. The van der Waals surface area contributed by atoms with E-state index in [4.69, 9.17) is 5.73 Å². The molecule has 0 spiro atoms. The number of likely N-dealkylation sites (tertiary alicyclic amines) is 1. The minimum absolute atomic E-state index is 0.0130. The van der Waals surface area contributed by atoms with Gasteiger partial charge in [0.2, 0.25) is 0 Å². The number of sulfone groups is 1. The zero-order valence-corrected chi connectivity index (χ0v) is 22.8. The lowest BCUT2D eigenvalue weighted by molar-refractivity contribution is -0.137. The van der Waals surface area contributed by atoms with E-state index < -0.39 is 45.7 Å². The number of imide groups is 1. The summed E-state index contributed by atoms with van der Waals surface area (Å²) in [7, 11) is -4.06. The van der Waals surface area contributed by atoms with Crippen molar-refractivity contribution in [1.82, 2.24) is 9.80 Å². The molecule has 2 aliphatic rings. The maximum Gasteiger partial charge on any atom is 0.416 e. The van der Waals surface area contributed by atoms with E-state index in [2.05, 4.69) is 0 Å². The Bertz CT molecular complexity index is 1640. The molecular formula is C27H25F3N6O4S. The van der Waals surface area contributed by atoms with Crippen LogP contribution in [0.2, 0.25) is 0 Å². The van der Waals surface area contributed by atoms with Crippen molar-refractivity contribution >= 4 is 27.6 Å². The van der Waals surface area contributed by atoms with E-state index in [1.54, 1.807) is 0 Å². The first-order valence-electron chi connectivity index (χ1n) is 12.4. The number of alkyl halides is 3. The van der Waals surface area contributed by atoms with E-state index in [0.29, 0.717) is 17.7 Å². The highest BCUT2D eigenvalue weighted by Gasteiger charge is 2.47. The number of carbonyl (C=O) groups excluding carboxylic acids is 2. The zero-order chi connectivity index (χ0) is 30.3. The molecule has 1 unspecified atom stereocenters. The van der Waals surface area contributed by atoms with E-state index in [1.807, 2.05) is 12.1 Å². The molecule has 14 heteroatoms. The Morgan fingerprint density at radius 3 is 2.41 bits per heavy atom. The summed E-state index contributed by atoms with van der Waals surface area (Å²) in [6.07, 6.45) is -2.72. The Kier molecular flexibility index (Phi) is 7.85. The minimum atomic E-state index is -4.74. The molecule has 0 saturated carbocycles. The van der Waals surface area contributed by atoms with Gasteiger partial charge < -0.3 is 10.6 Å². The fourth-order valence-electron chi connectivity index (χ4n) is 5.05. The maximum absolute atomic E-state index is 14.1. The number of nitrogens with two attached hydrogens (primary N) is 1. The Balaban J connectivity index is 2.00. The van der Waals surface area contributed by atoms with Crippen LogP contribution in [-0.4, -0.2) is 55.7 Å². The van der Waals surface area contributed by atoms with E-state index in [0.717, 1.165) is 35.4 Å². The normalized spacial score (nSPS) is 20.1. The Hall–Kier alpha value is -4.40. The smallest absolute Gasteiger partial charge is 0.326 e. The number of anilines is 1. The number of hydrogen-bond donors (Lipinski definition) is 1. The highest BCUT2D eigenvalue weighted by atomic mass is 32.2. The van der Waals surface area contributed by atoms with Crippen molar-refractivity contribution in [3.8, 4) is 12.1 Å². The number of allylic oxidation sites excluding steroid dienone is 1. The minimum Gasteiger partial charge on any atom is -0.326 e. The molecule has 4 amide bonds. The number of rotatable bonds is 3. The molecule has 2 aliphatic heterocycles. The number of carbonyl (C=O) groups is 2. The Morgan fingerprint density at radius 2 is 1.83 bits per heavy atom. The van der Waals surface area contributed by atoms with Gasteiger partial charge in [0.25, 0.3) is 0 Å². The fourth-order valence-corrected chi connectivity index (χ4v) is 6.00. The molecule has 2 heterocycles. The number of halogens is 3. The zero-order valence-electron chi connectivity index (χ0n) is 22.0. The summed E-state index contributed by atoms with van der Waals surface area (Å²) in [5, 5.41) is 19.6. The largest absolute Gasteiger partial charge is 0.416 e. The van der Waals surface area contributed by atoms with Gasteiger partial charge in [-0.2, -0.15) is 23.7 Å². The van der Waals surface area contributed by atoms with Gasteiger partial charge >= 0.3 is 18.2 Å². The van der Waals surface area contributed by atoms with E-state index in [9.17, 15) is 41.7 Å². The lowest BCUT2D eigenvalue weighted by atomic mass is 9.93. The van der Waals surface area contributed by atoms with Gasteiger partial charge in [-0.05, 0) is 55.7 Å². The third-order valence-electron chi connectivity index (χ3n) is 6.98. The molecule has 1 fully saturated rings. The summed E-state index contributed by atoms with van der Waals surface area (Å²) in [5.74, 6) is 0. The molecule has 0 bridgehead atoms. The number of hydrogen-bond acceptors (Lipinski definition) is 7. The van der Waals surface area contributed by atoms with E-state index in [1.165, 1.54) is 30.0 Å². The summed E-state index contributed by atoms with van der Waals surface area (Å²) in [4.78, 5) is 30.5. The summed E-state index contributed by atoms with van der Waals surface area (Å²) in [6, 6.07) is 7.32. The molecule has 1 saturated heterocycles. The summed E-state index contributed by atoms with van der Waals surface area (Å²) in [6.45, 7) is 1.60. The van der Waals surface area contributed by atoms with Crippen molar-refractivity contribution in [2.75, 3.05) is 24.2 Å². The maximum atomic E-state index is 14.1. The number of nitrogens with zero attached hydrogens (tertiary/aromatic N) is 5. The quantitative estimate of drug-likeness (QED) is 0.563. The predicted octanol–water partition coefficient (Wildman–Crippen LogP) is 4.30. The molecule has 0 radical (unpaired) electrons. The van der Waals surface area contributed by atoms with Crippen LogP contribution in [0.5, 0.6) is 0 Å². The summed E-state index contributed by atoms with van der Waals surface area (Å²) in [5.41, 5.74) is 4.29. The fraction of sp³-hybridized carbons (Fsp3) is 0.333. The van der Waals surface area contributed by atoms with Crippen LogP contribution in [0.1, 0.15) is 42.5 Å². The molecule has 214 valence electrons. The van der Waals surface area contributed by atoms with Gasteiger partial charge in [0.1, 0.15) is 6.04 Å². The van der Waals surface area contributed by atoms with Gasteiger partial charge in [0.05, 0.1) is 39.4 Å². The number of benzene rings is 2. The van der Waals surface area contributed by atoms with Crippen LogP contribution in [0.4, 0.5) is 28.4 Å². The second-order valence-corrected chi connectivity index (χ2v) is 11.8. The van der Waals surface area contributed by atoms with Crippen LogP contribution in [-0.2, 0) is 16.0 Å². The standard InChI is InChI=1S/C27H25F3N6O4S/c1-16-22(14-32)24(21-9-8-17(13-31)11-23(21)41(2,39)40)36(25(37)34-10-4-6-19(33)15-34)26(38)35(16)20-7-3-5-18(12-20)27(28,29)30/h3,5,7-9,11-12,19,24H,4,6,10,15,33H2,1-2H3/t19-,24?/m1/s1. The van der Waals surface area contributed by atoms with Crippen LogP contribution in [0.15, 0.2) is 58.6 Å². The molecule has 2 atom stereocenters. The average molecular weight is 587 g/mol. The third-order valence-corrected chi connectivity index (χ3v) is 8.13. The Labute approximate surface area is 234 Å². The molecule has 2 aromatic rings. The van der Waals surface area contributed by atoms with Crippen molar-refractivity contribution in [1.29, 1.82) is 10.5 Å². The summed E-state index contributed by atoms with van der Waals surface area (Å²) < 4.78 is 66.2. The highest BCUT2D eigenvalue weighted by molar-refractivity contribution is 7.90.